The molecular weight excluding hydrogens is 330 g/mol. The Kier molecular flexibility index (Phi) is 5.56. The maximum absolute atomic E-state index is 12.9. The van der Waals surface area contributed by atoms with Crippen molar-refractivity contribution in [3.8, 4) is 5.75 Å². The molecule has 26 heavy (non-hydrogen) atoms. The minimum atomic E-state index is -0.925. The van der Waals surface area contributed by atoms with Gasteiger partial charge < -0.3 is 14.7 Å². The molecule has 0 saturated carbocycles. The van der Waals surface area contributed by atoms with Crippen LogP contribution in [0.4, 0.5) is 0 Å². The number of ether oxygens (including phenoxy) is 1. The molecule has 0 radical (unpaired) electrons. The number of amides is 1. The van der Waals surface area contributed by atoms with E-state index in [0.29, 0.717) is 24.5 Å². The quantitative estimate of drug-likeness (QED) is 0.888. The largest absolute Gasteiger partial charge is 0.494 e. The molecule has 2 aromatic rings. The Morgan fingerprint density at radius 3 is 2.62 bits per heavy atom. The van der Waals surface area contributed by atoms with Gasteiger partial charge in [-0.1, -0.05) is 18.2 Å². The van der Waals surface area contributed by atoms with Gasteiger partial charge in [-0.3, -0.25) is 4.79 Å². The van der Waals surface area contributed by atoms with Crippen LogP contribution in [0.15, 0.2) is 48.5 Å². The van der Waals surface area contributed by atoms with E-state index in [0.717, 1.165) is 24.9 Å². The second-order valence-corrected chi connectivity index (χ2v) is 6.48. The summed E-state index contributed by atoms with van der Waals surface area (Å²) in [6, 6.07) is 14.3. The molecule has 136 valence electrons. The number of piperidine rings is 1. The van der Waals surface area contributed by atoms with Crippen LogP contribution in [0.2, 0.25) is 0 Å². The third-order valence-electron chi connectivity index (χ3n) is 4.73. The van der Waals surface area contributed by atoms with E-state index < -0.39 is 5.97 Å². The molecule has 1 fully saturated rings. The highest BCUT2D eigenvalue weighted by atomic mass is 16.5. The van der Waals surface area contributed by atoms with Crippen molar-refractivity contribution in [3.05, 3.63) is 65.2 Å². The predicted molar refractivity (Wildman–Crippen MR) is 98.9 cm³/mol. The summed E-state index contributed by atoms with van der Waals surface area (Å²) in [5.74, 6) is 0.0198. The molecule has 0 aliphatic carbocycles. The Balaban J connectivity index is 1.72. The van der Waals surface area contributed by atoms with Crippen LogP contribution in [0.3, 0.4) is 0 Å². The van der Waals surface area contributed by atoms with Gasteiger partial charge in [0.2, 0.25) is 0 Å². The molecule has 1 aliphatic heterocycles. The number of rotatable bonds is 5. The molecule has 5 nitrogen and oxygen atoms in total. The number of carbonyl (C=O) groups excluding carboxylic acids is 1. The number of carboxylic acids is 1. The zero-order valence-corrected chi connectivity index (χ0v) is 14.9. The lowest BCUT2D eigenvalue weighted by atomic mass is 9.90. The summed E-state index contributed by atoms with van der Waals surface area (Å²) in [5.41, 5.74) is 2.00. The van der Waals surface area contributed by atoms with Crippen LogP contribution < -0.4 is 4.74 Å². The van der Waals surface area contributed by atoms with Gasteiger partial charge in [-0.2, -0.15) is 0 Å². The van der Waals surface area contributed by atoms with Crippen molar-refractivity contribution in [2.45, 2.75) is 25.7 Å². The van der Waals surface area contributed by atoms with Gasteiger partial charge in [0.05, 0.1) is 12.2 Å². The summed E-state index contributed by atoms with van der Waals surface area (Å²) < 4.78 is 5.49. The van der Waals surface area contributed by atoms with Crippen LogP contribution in [-0.4, -0.2) is 41.6 Å². The fraction of sp³-hybridized carbons (Fsp3) is 0.333. The highest BCUT2D eigenvalue weighted by molar-refractivity contribution is 5.94. The number of nitrogens with zero attached hydrogens (tertiary/aromatic N) is 1. The molecule has 0 spiro atoms. The Morgan fingerprint density at radius 1 is 1.15 bits per heavy atom. The number of carbonyl (C=O) groups is 2. The van der Waals surface area contributed by atoms with Crippen LogP contribution in [-0.2, 0) is 0 Å². The lowest BCUT2D eigenvalue weighted by Crippen LogP contribution is -2.39. The summed E-state index contributed by atoms with van der Waals surface area (Å²) in [6.45, 7) is 3.86. The van der Waals surface area contributed by atoms with Crippen molar-refractivity contribution in [1.82, 2.24) is 4.90 Å². The lowest BCUT2D eigenvalue weighted by Gasteiger charge is -2.33. The zero-order chi connectivity index (χ0) is 18.5. The molecule has 1 amide bonds. The summed E-state index contributed by atoms with van der Waals surface area (Å²) in [7, 11) is 0. The topological polar surface area (TPSA) is 66.8 Å². The predicted octanol–water partition coefficient (Wildman–Crippen LogP) is 3.80. The van der Waals surface area contributed by atoms with E-state index in [1.54, 1.807) is 18.2 Å². The summed E-state index contributed by atoms with van der Waals surface area (Å²) in [4.78, 5) is 25.7. The van der Waals surface area contributed by atoms with Crippen molar-refractivity contribution in [2.24, 2.45) is 0 Å². The van der Waals surface area contributed by atoms with Crippen molar-refractivity contribution in [2.75, 3.05) is 19.7 Å². The van der Waals surface area contributed by atoms with E-state index >= 15 is 0 Å². The second-order valence-electron chi connectivity index (χ2n) is 6.48. The molecule has 3 rings (SSSR count). The van der Waals surface area contributed by atoms with Gasteiger partial charge >= 0.3 is 5.97 Å². The summed E-state index contributed by atoms with van der Waals surface area (Å²) in [6.07, 6.45) is 1.93. The van der Waals surface area contributed by atoms with Crippen LogP contribution in [0.25, 0.3) is 0 Å². The number of carboxylic acid groups (broad SMARTS) is 1. The third kappa shape index (κ3) is 4.04. The SMILES string of the molecule is CCOc1cccc(C(=O)N2CCC[C@@H](c3ccc(C(=O)O)cc3)C2)c1. The maximum Gasteiger partial charge on any atom is 0.335 e. The first-order valence-corrected chi connectivity index (χ1v) is 8.94. The number of aromatic carboxylic acids is 1. The first-order chi connectivity index (χ1) is 12.6. The molecule has 1 aliphatic rings. The normalized spacial score (nSPS) is 17.0. The summed E-state index contributed by atoms with van der Waals surface area (Å²) in [5, 5.41) is 9.02. The second kappa shape index (κ2) is 8.04. The first-order valence-electron chi connectivity index (χ1n) is 8.94. The van der Waals surface area contributed by atoms with E-state index in [9.17, 15) is 9.59 Å². The Labute approximate surface area is 153 Å². The van der Waals surface area contributed by atoms with Gasteiger partial charge in [-0.15, -0.1) is 0 Å². The highest BCUT2D eigenvalue weighted by Gasteiger charge is 2.25. The monoisotopic (exact) mass is 353 g/mol. The molecule has 1 atom stereocenters. The maximum atomic E-state index is 12.9. The van der Waals surface area contributed by atoms with Crippen molar-refractivity contribution in [1.29, 1.82) is 0 Å². The average Bonchev–Trinajstić information content (AvgIpc) is 2.68. The van der Waals surface area contributed by atoms with Crippen LogP contribution >= 0.6 is 0 Å². The van der Waals surface area contributed by atoms with E-state index in [4.69, 9.17) is 9.84 Å². The first kappa shape index (κ1) is 18.0. The molecular formula is C21H23NO4. The third-order valence-corrected chi connectivity index (χ3v) is 4.73. The van der Waals surface area contributed by atoms with Gasteiger partial charge in [-0.05, 0) is 55.7 Å². The number of benzene rings is 2. The van der Waals surface area contributed by atoms with E-state index in [1.165, 1.54) is 0 Å². The molecule has 1 N–H and O–H groups in total. The smallest absolute Gasteiger partial charge is 0.335 e. The van der Waals surface area contributed by atoms with Gasteiger partial charge in [0, 0.05) is 24.6 Å². The Morgan fingerprint density at radius 2 is 1.92 bits per heavy atom. The number of likely N-dealkylation sites (tertiary alicyclic amines) is 1. The molecule has 0 aromatic heterocycles. The average molecular weight is 353 g/mol. The molecule has 0 bridgehead atoms. The molecule has 0 unspecified atom stereocenters. The highest BCUT2D eigenvalue weighted by Crippen LogP contribution is 2.28. The van der Waals surface area contributed by atoms with Crippen LogP contribution in [0.1, 0.15) is 52.0 Å². The minimum absolute atomic E-state index is 0.0124. The van der Waals surface area contributed by atoms with E-state index in [1.807, 2.05) is 42.2 Å². The van der Waals surface area contributed by atoms with Crippen molar-refractivity contribution in [3.63, 3.8) is 0 Å². The molecule has 1 heterocycles. The van der Waals surface area contributed by atoms with Crippen LogP contribution in [0.5, 0.6) is 5.75 Å². The lowest BCUT2D eigenvalue weighted by molar-refractivity contribution is 0.0693. The molecule has 1 saturated heterocycles. The number of hydrogen-bond acceptors (Lipinski definition) is 3. The Hall–Kier alpha value is -2.82. The van der Waals surface area contributed by atoms with Gasteiger partial charge in [0.25, 0.3) is 5.91 Å². The van der Waals surface area contributed by atoms with E-state index in [-0.39, 0.29) is 17.4 Å². The van der Waals surface area contributed by atoms with E-state index in [2.05, 4.69) is 0 Å². The van der Waals surface area contributed by atoms with Crippen LogP contribution in [0, 0.1) is 0 Å². The van der Waals surface area contributed by atoms with Gasteiger partial charge in [0.1, 0.15) is 5.75 Å². The van der Waals surface area contributed by atoms with Crippen molar-refractivity contribution < 1.29 is 19.4 Å². The summed E-state index contributed by atoms with van der Waals surface area (Å²) >= 11 is 0. The molecule has 2 aromatic carbocycles. The van der Waals surface area contributed by atoms with Gasteiger partial charge in [0.15, 0.2) is 0 Å². The minimum Gasteiger partial charge on any atom is -0.494 e. The zero-order valence-electron chi connectivity index (χ0n) is 14.9. The standard InChI is InChI=1S/C21H23NO4/c1-2-26-19-7-3-5-17(13-19)20(23)22-12-4-6-18(14-22)15-8-10-16(11-9-15)21(24)25/h3,5,7-11,13,18H,2,4,6,12,14H2,1H3,(H,24,25)/t18-/m1/s1. The Bertz CT molecular complexity index is 785. The fourth-order valence-electron chi connectivity index (χ4n) is 3.40. The number of hydrogen-bond donors (Lipinski definition) is 1. The van der Waals surface area contributed by atoms with Gasteiger partial charge in [-0.25, -0.2) is 4.79 Å². The van der Waals surface area contributed by atoms with Crippen molar-refractivity contribution >= 4 is 11.9 Å². The fourth-order valence-corrected chi connectivity index (χ4v) is 3.40. The molecule has 5 heteroatoms.